The van der Waals surface area contributed by atoms with Gasteiger partial charge >= 0.3 is 11.7 Å². The summed E-state index contributed by atoms with van der Waals surface area (Å²) in [4.78, 5) is 55.3. The van der Waals surface area contributed by atoms with E-state index >= 15 is 0 Å². The van der Waals surface area contributed by atoms with Crippen LogP contribution in [-0.4, -0.2) is 37.5 Å². The Hall–Kier alpha value is -2.90. The number of rotatable bonds is 4. The van der Waals surface area contributed by atoms with Crippen LogP contribution in [0.15, 0.2) is 27.8 Å². The second-order valence-electron chi connectivity index (χ2n) is 9.78. The molecule has 4 rings (SSSR count). The molecule has 1 spiro atoms. The molecule has 0 bridgehead atoms. The second kappa shape index (κ2) is 7.35. The molecule has 2 heterocycles. The summed E-state index contributed by atoms with van der Waals surface area (Å²) in [6.07, 6.45) is 4.74. The number of amides is 3. The summed E-state index contributed by atoms with van der Waals surface area (Å²) in [5, 5.41) is 3.40. The number of hydrogen-bond donors (Lipinski definition) is 2. The molecule has 2 N–H and O–H groups in total. The Labute approximate surface area is 180 Å². The number of benzene rings is 1. The normalized spacial score (nSPS) is 18.9. The summed E-state index contributed by atoms with van der Waals surface area (Å²) in [5.74, 6) is -0.142. The number of nitrogens with one attached hydrogen (secondary N) is 2. The van der Waals surface area contributed by atoms with E-state index in [9.17, 15) is 19.2 Å². The first-order chi connectivity index (χ1) is 14.6. The lowest BCUT2D eigenvalue weighted by Gasteiger charge is -2.36. The molecule has 8 nitrogen and oxygen atoms in total. The number of carbonyl (C=O) groups is 2. The van der Waals surface area contributed by atoms with E-state index in [1.165, 1.54) is 9.47 Å². The maximum absolute atomic E-state index is 13.3. The molecule has 0 unspecified atom stereocenters. The molecule has 2 aliphatic rings. The summed E-state index contributed by atoms with van der Waals surface area (Å²) >= 11 is 0. The van der Waals surface area contributed by atoms with Crippen molar-refractivity contribution in [3.8, 4) is 0 Å². The van der Waals surface area contributed by atoms with Crippen molar-refractivity contribution >= 4 is 22.8 Å². The topological polar surface area (TPSA) is 104 Å². The van der Waals surface area contributed by atoms with E-state index in [-0.39, 0.29) is 23.5 Å². The molecule has 1 aliphatic heterocycles. The van der Waals surface area contributed by atoms with Gasteiger partial charge in [-0.2, -0.15) is 0 Å². The minimum absolute atomic E-state index is 0.142. The number of urea groups is 1. The molecule has 8 heteroatoms. The van der Waals surface area contributed by atoms with Gasteiger partial charge < -0.3 is 10.3 Å². The van der Waals surface area contributed by atoms with Gasteiger partial charge in [-0.3, -0.25) is 19.1 Å². The maximum Gasteiger partial charge on any atom is 0.329 e. The SMILES string of the molecule is CC(C)n1c(=O)[nH]c2cc(CC(C)(C)N3C(=O)NC4(CCCCC4)C3=O)ccc2c1=O. The van der Waals surface area contributed by atoms with Crippen molar-refractivity contribution in [1.29, 1.82) is 0 Å². The van der Waals surface area contributed by atoms with E-state index in [2.05, 4.69) is 10.3 Å². The van der Waals surface area contributed by atoms with Crippen LogP contribution in [0.4, 0.5) is 4.79 Å². The van der Waals surface area contributed by atoms with Crippen LogP contribution in [0.1, 0.15) is 71.4 Å². The van der Waals surface area contributed by atoms with Crippen molar-refractivity contribution in [2.24, 2.45) is 0 Å². The number of nitrogens with zero attached hydrogens (tertiary/aromatic N) is 2. The van der Waals surface area contributed by atoms with Gasteiger partial charge in [0.15, 0.2) is 0 Å². The molecule has 3 amide bonds. The molecule has 1 saturated carbocycles. The number of H-pyrrole nitrogens is 1. The van der Waals surface area contributed by atoms with E-state index in [1.807, 2.05) is 19.9 Å². The van der Waals surface area contributed by atoms with Gasteiger partial charge in [0, 0.05) is 6.04 Å². The summed E-state index contributed by atoms with van der Waals surface area (Å²) in [6.45, 7) is 7.32. The minimum Gasteiger partial charge on any atom is -0.323 e. The van der Waals surface area contributed by atoms with Gasteiger partial charge in [0.25, 0.3) is 11.5 Å². The number of carbonyl (C=O) groups excluding carboxylic acids is 2. The highest BCUT2D eigenvalue weighted by atomic mass is 16.2. The zero-order valence-electron chi connectivity index (χ0n) is 18.6. The molecule has 2 fully saturated rings. The van der Waals surface area contributed by atoms with Crippen LogP contribution in [-0.2, 0) is 11.2 Å². The zero-order valence-corrected chi connectivity index (χ0v) is 18.6. The molecular weight excluding hydrogens is 396 g/mol. The molecule has 2 aromatic rings. The van der Waals surface area contributed by atoms with Crippen molar-refractivity contribution in [1.82, 2.24) is 19.8 Å². The predicted octanol–water partition coefficient (Wildman–Crippen LogP) is 2.85. The molecular formula is C23H30N4O4. The Kier molecular flexibility index (Phi) is 5.06. The highest BCUT2D eigenvalue weighted by Gasteiger charge is 2.55. The van der Waals surface area contributed by atoms with E-state index in [0.29, 0.717) is 30.2 Å². The molecule has 1 aromatic carbocycles. The van der Waals surface area contributed by atoms with E-state index in [0.717, 1.165) is 24.8 Å². The zero-order chi connectivity index (χ0) is 22.6. The van der Waals surface area contributed by atoms with Crippen molar-refractivity contribution in [2.75, 3.05) is 0 Å². The Balaban J connectivity index is 1.66. The third-order valence-electron chi connectivity index (χ3n) is 6.62. The Bertz CT molecular complexity index is 1170. The lowest BCUT2D eigenvalue weighted by atomic mass is 9.81. The third kappa shape index (κ3) is 3.47. The molecule has 31 heavy (non-hydrogen) atoms. The first-order valence-electron chi connectivity index (χ1n) is 11.0. The van der Waals surface area contributed by atoms with Crippen molar-refractivity contribution in [3.63, 3.8) is 0 Å². The fourth-order valence-corrected chi connectivity index (χ4v) is 5.10. The Morgan fingerprint density at radius 2 is 1.74 bits per heavy atom. The Morgan fingerprint density at radius 1 is 1.06 bits per heavy atom. The summed E-state index contributed by atoms with van der Waals surface area (Å²) < 4.78 is 1.20. The Morgan fingerprint density at radius 3 is 2.39 bits per heavy atom. The quantitative estimate of drug-likeness (QED) is 0.734. The number of fused-ring (bicyclic) bond motifs is 1. The number of imide groups is 1. The standard InChI is InChI=1S/C23H30N4O4/c1-14(2)26-18(28)16-9-8-15(12-17(16)24-20(26)30)13-22(3,4)27-19(29)23(25-21(27)31)10-6-5-7-11-23/h8-9,12,14H,5-7,10-11,13H2,1-4H3,(H,24,30)(H,25,31). The van der Waals surface area contributed by atoms with Gasteiger partial charge in [-0.15, -0.1) is 0 Å². The fraction of sp³-hybridized carbons (Fsp3) is 0.565. The molecule has 166 valence electrons. The van der Waals surface area contributed by atoms with Crippen molar-refractivity contribution in [3.05, 3.63) is 44.6 Å². The van der Waals surface area contributed by atoms with E-state index in [1.54, 1.807) is 26.0 Å². The van der Waals surface area contributed by atoms with E-state index in [4.69, 9.17) is 0 Å². The van der Waals surface area contributed by atoms with Crippen LogP contribution in [0.2, 0.25) is 0 Å². The van der Waals surface area contributed by atoms with Crippen LogP contribution < -0.4 is 16.6 Å². The molecule has 1 aromatic heterocycles. The number of aromatic amines is 1. The van der Waals surface area contributed by atoms with Crippen LogP contribution in [0.3, 0.4) is 0 Å². The summed E-state index contributed by atoms with van der Waals surface area (Å²) in [5.41, 5.74) is -1.00. The predicted molar refractivity (Wildman–Crippen MR) is 118 cm³/mol. The van der Waals surface area contributed by atoms with Crippen LogP contribution in [0.5, 0.6) is 0 Å². The van der Waals surface area contributed by atoms with Crippen LogP contribution in [0, 0.1) is 0 Å². The number of aromatic nitrogens is 2. The first-order valence-corrected chi connectivity index (χ1v) is 11.0. The molecule has 0 atom stereocenters. The lowest BCUT2D eigenvalue weighted by Crippen LogP contribution is -2.52. The number of hydrogen-bond acceptors (Lipinski definition) is 4. The van der Waals surface area contributed by atoms with Gasteiger partial charge in [-0.05, 0) is 64.7 Å². The second-order valence-corrected chi connectivity index (χ2v) is 9.78. The highest BCUT2D eigenvalue weighted by molar-refractivity contribution is 6.07. The van der Waals surface area contributed by atoms with Gasteiger partial charge in [-0.1, -0.05) is 25.3 Å². The van der Waals surface area contributed by atoms with Crippen molar-refractivity contribution in [2.45, 2.75) is 83.3 Å². The third-order valence-corrected chi connectivity index (χ3v) is 6.62. The smallest absolute Gasteiger partial charge is 0.323 e. The average Bonchev–Trinajstić information content (AvgIpc) is 2.91. The van der Waals surface area contributed by atoms with Crippen LogP contribution >= 0.6 is 0 Å². The average molecular weight is 427 g/mol. The molecule has 1 aliphatic carbocycles. The van der Waals surface area contributed by atoms with Crippen LogP contribution in [0.25, 0.3) is 10.9 Å². The maximum atomic E-state index is 13.3. The highest BCUT2D eigenvalue weighted by Crippen LogP contribution is 2.37. The van der Waals surface area contributed by atoms with Gasteiger partial charge in [0.05, 0.1) is 16.4 Å². The van der Waals surface area contributed by atoms with Gasteiger partial charge in [0.2, 0.25) is 0 Å². The fourth-order valence-electron chi connectivity index (χ4n) is 5.10. The lowest BCUT2D eigenvalue weighted by molar-refractivity contribution is -0.135. The van der Waals surface area contributed by atoms with Gasteiger partial charge in [-0.25, -0.2) is 9.59 Å². The largest absolute Gasteiger partial charge is 0.329 e. The van der Waals surface area contributed by atoms with Crippen molar-refractivity contribution < 1.29 is 9.59 Å². The first kappa shape index (κ1) is 21.3. The van der Waals surface area contributed by atoms with Gasteiger partial charge in [0.1, 0.15) is 5.54 Å². The summed E-state index contributed by atoms with van der Waals surface area (Å²) in [6, 6.07) is 4.70. The van der Waals surface area contributed by atoms with E-state index < -0.39 is 16.8 Å². The monoisotopic (exact) mass is 426 g/mol. The minimum atomic E-state index is -0.761. The summed E-state index contributed by atoms with van der Waals surface area (Å²) in [7, 11) is 0. The molecule has 1 saturated heterocycles. The molecule has 0 radical (unpaired) electrons.